The molecule has 104 valence electrons. The van der Waals surface area contributed by atoms with Crippen molar-refractivity contribution in [2.45, 2.75) is 13.0 Å². The van der Waals surface area contributed by atoms with E-state index in [-0.39, 0.29) is 11.9 Å². The van der Waals surface area contributed by atoms with Crippen LogP contribution in [0.4, 0.5) is 5.69 Å². The second-order valence-electron chi connectivity index (χ2n) is 4.80. The van der Waals surface area contributed by atoms with Crippen molar-refractivity contribution in [3.63, 3.8) is 0 Å². The average Bonchev–Trinajstić information content (AvgIpc) is 2.46. The van der Waals surface area contributed by atoms with Gasteiger partial charge in [-0.15, -0.1) is 0 Å². The van der Waals surface area contributed by atoms with Crippen LogP contribution >= 0.6 is 0 Å². The Kier molecular flexibility index (Phi) is 4.27. The molecule has 0 aliphatic carbocycles. The number of aromatic hydroxyl groups is 1. The molecule has 0 radical (unpaired) electrons. The number of piperazine rings is 1. The van der Waals surface area contributed by atoms with Crippen LogP contribution in [0.1, 0.15) is 6.92 Å². The SMILES string of the molecule is CNC(=O)[C@H](C)N1CCN(c2ccccc2O)CC1. The number of likely N-dealkylation sites (N-methyl/N-ethyl adjacent to an activating group) is 1. The summed E-state index contributed by atoms with van der Waals surface area (Å²) in [4.78, 5) is 15.9. The van der Waals surface area contributed by atoms with Crippen molar-refractivity contribution in [2.24, 2.45) is 0 Å². The van der Waals surface area contributed by atoms with E-state index in [0.29, 0.717) is 5.75 Å². The Morgan fingerprint density at radius 2 is 1.89 bits per heavy atom. The molecule has 0 aromatic heterocycles. The number of rotatable bonds is 3. The Balaban J connectivity index is 1.96. The largest absolute Gasteiger partial charge is 0.506 e. The molecule has 0 saturated carbocycles. The summed E-state index contributed by atoms with van der Waals surface area (Å²) in [6.07, 6.45) is 0. The van der Waals surface area contributed by atoms with Crippen molar-refractivity contribution in [1.29, 1.82) is 0 Å². The Morgan fingerprint density at radius 1 is 1.26 bits per heavy atom. The summed E-state index contributed by atoms with van der Waals surface area (Å²) in [5, 5.41) is 12.5. The molecule has 1 atom stereocenters. The zero-order valence-electron chi connectivity index (χ0n) is 11.5. The van der Waals surface area contributed by atoms with Crippen LogP contribution in [0.3, 0.4) is 0 Å². The van der Waals surface area contributed by atoms with Gasteiger partial charge in [0, 0.05) is 33.2 Å². The first-order chi connectivity index (χ1) is 9.13. The number of para-hydroxylation sites is 2. The number of nitrogens with zero attached hydrogens (tertiary/aromatic N) is 2. The second-order valence-corrected chi connectivity index (χ2v) is 4.80. The number of hydrogen-bond acceptors (Lipinski definition) is 4. The summed E-state index contributed by atoms with van der Waals surface area (Å²) in [7, 11) is 1.66. The minimum absolute atomic E-state index is 0.0519. The summed E-state index contributed by atoms with van der Waals surface area (Å²) >= 11 is 0. The van der Waals surface area contributed by atoms with Crippen LogP contribution in [0, 0.1) is 0 Å². The molecule has 19 heavy (non-hydrogen) atoms. The number of phenols is 1. The first-order valence-corrected chi connectivity index (χ1v) is 6.62. The van der Waals surface area contributed by atoms with E-state index in [1.807, 2.05) is 25.1 Å². The lowest BCUT2D eigenvalue weighted by molar-refractivity contribution is -0.125. The predicted molar refractivity (Wildman–Crippen MR) is 75.4 cm³/mol. The Bertz CT molecular complexity index is 442. The lowest BCUT2D eigenvalue weighted by Gasteiger charge is -2.38. The molecule has 1 amide bonds. The molecule has 1 saturated heterocycles. The Labute approximate surface area is 113 Å². The van der Waals surface area contributed by atoms with Gasteiger partial charge in [0.05, 0.1) is 11.7 Å². The summed E-state index contributed by atoms with van der Waals surface area (Å²) in [5.74, 6) is 0.367. The van der Waals surface area contributed by atoms with Gasteiger partial charge in [-0.1, -0.05) is 12.1 Å². The Morgan fingerprint density at radius 3 is 2.47 bits per heavy atom. The maximum absolute atomic E-state index is 11.6. The van der Waals surface area contributed by atoms with Gasteiger partial charge in [-0.3, -0.25) is 9.69 Å². The van der Waals surface area contributed by atoms with E-state index in [2.05, 4.69) is 15.1 Å². The molecule has 2 rings (SSSR count). The van der Waals surface area contributed by atoms with Gasteiger partial charge in [-0.05, 0) is 19.1 Å². The van der Waals surface area contributed by atoms with Crippen LogP contribution in [-0.4, -0.2) is 55.2 Å². The van der Waals surface area contributed by atoms with E-state index in [1.54, 1.807) is 13.1 Å². The standard InChI is InChI=1S/C14H21N3O2/c1-11(14(19)15-2)16-7-9-17(10-8-16)12-5-3-4-6-13(12)18/h3-6,11,18H,7-10H2,1-2H3,(H,15,19)/t11-/m0/s1. The van der Waals surface area contributed by atoms with Crippen LogP contribution in [0.15, 0.2) is 24.3 Å². The first kappa shape index (κ1) is 13.7. The molecule has 1 heterocycles. The molecule has 1 fully saturated rings. The number of hydrogen-bond donors (Lipinski definition) is 2. The summed E-state index contributed by atoms with van der Waals surface area (Å²) in [5.41, 5.74) is 0.870. The third-order valence-corrected chi connectivity index (χ3v) is 3.71. The normalized spacial score (nSPS) is 18.1. The Hall–Kier alpha value is -1.75. The van der Waals surface area contributed by atoms with E-state index in [0.717, 1.165) is 31.9 Å². The zero-order chi connectivity index (χ0) is 13.8. The topological polar surface area (TPSA) is 55.8 Å². The van der Waals surface area contributed by atoms with Gasteiger partial charge in [0.1, 0.15) is 5.75 Å². The molecule has 0 spiro atoms. The number of benzene rings is 1. The highest BCUT2D eigenvalue weighted by atomic mass is 16.3. The van der Waals surface area contributed by atoms with Crippen LogP contribution in [0.5, 0.6) is 5.75 Å². The quantitative estimate of drug-likeness (QED) is 0.840. The van der Waals surface area contributed by atoms with E-state index < -0.39 is 0 Å². The number of carbonyl (C=O) groups is 1. The minimum Gasteiger partial charge on any atom is -0.506 e. The van der Waals surface area contributed by atoms with Gasteiger partial charge in [0.15, 0.2) is 0 Å². The number of carbonyl (C=O) groups excluding carboxylic acids is 1. The van der Waals surface area contributed by atoms with Crippen molar-refractivity contribution in [3.05, 3.63) is 24.3 Å². The van der Waals surface area contributed by atoms with Crippen molar-refractivity contribution < 1.29 is 9.90 Å². The van der Waals surface area contributed by atoms with Crippen molar-refractivity contribution in [1.82, 2.24) is 10.2 Å². The van der Waals surface area contributed by atoms with Gasteiger partial charge >= 0.3 is 0 Å². The van der Waals surface area contributed by atoms with Gasteiger partial charge in [0.25, 0.3) is 0 Å². The molecule has 0 unspecified atom stereocenters. The molecule has 1 aromatic rings. The maximum atomic E-state index is 11.6. The van der Waals surface area contributed by atoms with Gasteiger partial charge < -0.3 is 15.3 Å². The van der Waals surface area contributed by atoms with Crippen molar-refractivity contribution in [2.75, 3.05) is 38.1 Å². The minimum atomic E-state index is -0.100. The number of amides is 1. The molecule has 0 bridgehead atoms. The summed E-state index contributed by atoms with van der Waals surface area (Å²) < 4.78 is 0. The highest BCUT2D eigenvalue weighted by molar-refractivity contribution is 5.81. The summed E-state index contributed by atoms with van der Waals surface area (Å²) in [6.45, 7) is 5.21. The van der Waals surface area contributed by atoms with E-state index in [4.69, 9.17) is 0 Å². The molecule has 1 aliphatic heterocycles. The zero-order valence-corrected chi connectivity index (χ0v) is 11.5. The molecule has 1 aromatic carbocycles. The molecule has 5 nitrogen and oxygen atoms in total. The smallest absolute Gasteiger partial charge is 0.236 e. The number of nitrogens with one attached hydrogen (secondary N) is 1. The van der Waals surface area contributed by atoms with Gasteiger partial charge in [-0.25, -0.2) is 0 Å². The third kappa shape index (κ3) is 2.98. The van der Waals surface area contributed by atoms with Crippen LogP contribution in [-0.2, 0) is 4.79 Å². The highest BCUT2D eigenvalue weighted by Crippen LogP contribution is 2.27. The fraction of sp³-hybridized carbons (Fsp3) is 0.500. The number of anilines is 1. The molecule has 5 heteroatoms. The fourth-order valence-electron chi connectivity index (χ4n) is 2.46. The average molecular weight is 263 g/mol. The number of phenolic OH excluding ortho intramolecular Hbond substituents is 1. The van der Waals surface area contributed by atoms with Gasteiger partial charge in [0.2, 0.25) is 5.91 Å². The monoisotopic (exact) mass is 263 g/mol. The van der Waals surface area contributed by atoms with E-state index >= 15 is 0 Å². The predicted octanol–water partition coefficient (Wildman–Crippen LogP) is 0.649. The van der Waals surface area contributed by atoms with Crippen LogP contribution in [0.25, 0.3) is 0 Å². The lowest BCUT2D eigenvalue weighted by Crippen LogP contribution is -2.53. The lowest BCUT2D eigenvalue weighted by atomic mass is 10.2. The van der Waals surface area contributed by atoms with Crippen molar-refractivity contribution in [3.8, 4) is 5.75 Å². The first-order valence-electron chi connectivity index (χ1n) is 6.62. The van der Waals surface area contributed by atoms with E-state index in [1.165, 1.54) is 0 Å². The maximum Gasteiger partial charge on any atom is 0.236 e. The third-order valence-electron chi connectivity index (χ3n) is 3.71. The van der Waals surface area contributed by atoms with Crippen LogP contribution < -0.4 is 10.2 Å². The highest BCUT2D eigenvalue weighted by Gasteiger charge is 2.25. The van der Waals surface area contributed by atoms with Crippen LogP contribution in [0.2, 0.25) is 0 Å². The summed E-state index contributed by atoms with van der Waals surface area (Å²) in [6, 6.07) is 7.27. The molecular formula is C14H21N3O2. The molecular weight excluding hydrogens is 242 g/mol. The molecule has 2 N–H and O–H groups in total. The van der Waals surface area contributed by atoms with E-state index in [9.17, 15) is 9.90 Å². The second kappa shape index (κ2) is 5.93. The fourth-order valence-corrected chi connectivity index (χ4v) is 2.46. The van der Waals surface area contributed by atoms with Crippen molar-refractivity contribution >= 4 is 11.6 Å². The molecule has 1 aliphatic rings. The van der Waals surface area contributed by atoms with Gasteiger partial charge in [-0.2, -0.15) is 0 Å².